The Morgan fingerprint density at radius 3 is 2.60 bits per heavy atom. The Hall–Kier alpha value is -1.95. The monoisotopic (exact) mass is 340 g/mol. The molecule has 2 aromatic carbocycles. The minimum Gasteiger partial charge on any atom is -0.489 e. The van der Waals surface area contributed by atoms with Crippen molar-refractivity contribution in [2.24, 2.45) is 5.73 Å². The highest BCUT2D eigenvalue weighted by Crippen LogP contribution is 2.23. The van der Waals surface area contributed by atoms with E-state index in [1.165, 1.54) is 36.4 Å². The molecule has 0 radical (unpaired) electrons. The Morgan fingerprint density at radius 2 is 1.95 bits per heavy atom. The minimum absolute atomic E-state index is 0.104. The van der Waals surface area contributed by atoms with Gasteiger partial charge < -0.3 is 10.5 Å². The number of ether oxygens (including phenoxy) is 1. The highest BCUT2D eigenvalue weighted by molar-refractivity contribution is 9.10. The first kappa shape index (κ1) is 14.5. The Morgan fingerprint density at radius 1 is 1.20 bits per heavy atom. The first-order valence-corrected chi connectivity index (χ1v) is 6.47. The van der Waals surface area contributed by atoms with Gasteiger partial charge in [-0.25, -0.2) is 8.78 Å². The van der Waals surface area contributed by atoms with Crippen LogP contribution in [0.15, 0.2) is 40.9 Å². The van der Waals surface area contributed by atoms with E-state index in [2.05, 4.69) is 15.9 Å². The fourth-order valence-electron chi connectivity index (χ4n) is 1.65. The zero-order valence-electron chi connectivity index (χ0n) is 10.3. The summed E-state index contributed by atoms with van der Waals surface area (Å²) in [7, 11) is 0. The van der Waals surface area contributed by atoms with Crippen LogP contribution in [-0.2, 0) is 6.61 Å². The summed E-state index contributed by atoms with van der Waals surface area (Å²) in [6.45, 7) is 0.104. The van der Waals surface area contributed by atoms with Gasteiger partial charge in [0.2, 0.25) is 0 Å². The molecule has 20 heavy (non-hydrogen) atoms. The lowest BCUT2D eigenvalue weighted by atomic mass is 10.1. The van der Waals surface area contributed by atoms with E-state index in [0.717, 1.165) is 0 Å². The molecule has 0 unspecified atom stereocenters. The van der Waals surface area contributed by atoms with Crippen molar-refractivity contribution >= 4 is 21.8 Å². The molecule has 104 valence electrons. The lowest BCUT2D eigenvalue weighted by Crippen LogP contribution is -2.15. The SMILES string of the molecule is N=C(N)c1cc(F)ccc1COc1ccc(F)c(Br)c1. The predicted molar refractivity (Wildman–Crippen MR) is 75.8 cm³/mol. The van der Waals surface area contributed by atoms with Gasteiger partial charge in [-0.3, -0.25) is 5.41 Å². The van der Waals surface area contributed by atoms with Crippen molar-refractivity contribution in [3.63, 3.8) is 0 Å². The molecular weight excluding hydrogens is 330 g/mol. The molecule has 2 aromatic rings. The van der Waals surface area contributed by atoms with Crippen LogP contribution in [0.3, 0.4) is 0 Å². The highest BCUT2D eigenvalue weighted by atomic mass is 79.9. The Balaban J connectivity index is 2.18. The van der Waals surface area contributed by atoms with Crippen molar-refractivity contribution in [1.29, 1.82) is 5.41 Å². The molecule has 6 heteroatoms. The lowest BCUT2D eigenvalue weighted by Gasteiger charge is -2.11. The average Bonchev–Trinajstić information content (AvgIpc) is 2.41. The molecule has 0 aliphatic carbocycles. The van der Waals surface area contributed by atoms with Gasteiger partial charge in [0.25, 0.3) is 0 Å². The van der Waals surface area contributed by atoms with Crippen LogP contribution in [0.1, 0.15) is 11.1 Å². The number of nitrogens with two attached hydrogens (primary N) is 1. The second-order valence-corrected chi connectivity index (χ2v) is 4.93. The smallest absolute Gasteiger partial charge is 0.137 e. The molecule has 3 nitrogen and oxygen atoms in total. The maximum absolute atomic E-state index is 13.1. The summed E-state index contributed by atoms with van der Waals surface area (Å²) in [4.78, 5) is 0. The van der Waals surface area contributed by atoms with Gasteiger partial charge in [-0.2, -0.15) is 0 Å². The van der Waals surface area contributed by atoms with Crippen molar-refractivity contribution in [2.75, 3.05) is 0 Å². The number of hydrogen-bond donors (Lipinski definition) is 2. The number of halogens is 3. The molecule has 0 aromatic heterocycles. The molecule has 0 bridgehead atoms. The summed E-state index contributed by atoms with van der Waals surface area (Å²) in [5, 5.41) is 7.42. The number of nitrogen functional groups attached to an aromatic ring is 1. The van der Waals surface area contributed by atoms with Crippen LogP contribution < -0.4 is 10.5 Å². The van der Waals surface area contributed by atoms with Gasteiger partial charge in [0.15, 0.2) is 0 Å². The molecule has 0 saturated heterocycles. The minimum atomic E-state index is -0.469. The molecule has 0 aliphatic rings. The number of amidine groups is 1. The second kappa shape index (κ2) is 6.00. The maximum atomic E-state index is 13.1. The van der Waals surface area contributed by atoms with Gasteiger partial charge in [0, 0.05) is 11.1 Å². The van der Waals surface area contributed by atoms with Gasteiger partial charge in [-0.05, 0) is 46.3 Å². The maximum Gasteiger partial charge on any atom is 0.137 e. The lowest BCUT2D eigenvalue weighted by molar-refractivity contribution is 0.305. The predicted octanol–water partition coefficient (Wildman–Crippen LogP) is 3.59. The van der Waals surface area contributed by atoms with Crippen molar-refractivity contribution < 1.29 is 13.5 Å². The summed E-state index contributed by atoms with van der Waals surface area (Å²) < 4.78 is 32.0. The van der Waals surface area contributed by atoms with Crippen LogP contribution in [0.25, 0.3) is 0 Å². The van der Waals surface area contributed by atoms with Crippen LogP contribution in [0.4, 0.5) is 8.78 Å². The molecule has 0 spiro atoms. The average molecular weight is 341 g/mol. The molecule has 0 saturated carbocycles. The van der Waals surface area contributed by atoms with E-state index in [9.17, 15) is 8.78 Å². The van der Waals surface area contributed by atoms with Crippen LogP contribution >= 0.6 is 15.9 Å². The summed E-state index contributed by atoms with van der Waals surface area (Å²) in [5.41, 5.74) is 6.27. The quantitative estimate of drug-likeness (QED) is 0.660. The van der Waals surface area contributed by atoms with Gasteiger partial charge in [-0.1, -0.05) is 6.07 Å². The van der Waals surface area contributed by atoms with E-state index in [1.54, 1.807) is 0 Å². The zero-order chi connectivity index (χ0) is 14.7. The third-order valence-electron chi connectivity index (χ3n) is 2.65. The van der Waals surface area contributed by atoms with Crippen molar-refractivity contribution in [3.05, 3.63) is 63.6 Å². The third kappa shape index (κ3) is 3.33. The molecule has 0 heterocycles. The highest BCUT2D eigenvalue weighted by Gasteiger charge is 2.08. The standard InChI is InChI=1S/C14H11BrF2N2O/c15-12-6-10(3-4-13(12)17)20-7-8-1-2-9(16)5-11(8)14(18)19/h1-6H,7H2,(H3,18,19). The van der Waals surface area contributed by atoms with E-state index in [-0.39, 0.29) is 23.8 Å². The van der Waals surface area contributed by atoms with E-state index in [4.69, 9.17) is 15.9 Å². The summed E-state index contributed by atoms with van der Waals surface area (Å²) >= 11 is 3.06. The van der Waals surface area contributed by atoms with Crippen LogP contribution in [0, 0.1) is 17.0 Å². The number of hydrogen-bond acceptors (Lipinski definition) is 2. The molecule has 0 fully saturated rings. The molecular formula is C14H11BrF2N2O. The van der Waals surface area contributed by atoms with Crippen molar-refractivity contribution in [1.82, 2.24) is 0 Å². The summed E-state index contributed by atoms with van der Waals surface area (Å²) in [6, 6.07) is 8.21. The van der Waals surface area contributed by atoms with Gasteiger partial charge >= 0.3 is 0 Å². The van der Waals surface area contributed by atoms with Gasteiger partial charge in [-0.15, -0.1) is 0 Å². The van der Waals surface area contributed by atoms with E-state index in [1.807, 2.05) is 0 Å². The topological polar surface area (TPSA) is 59.1 Å². The Labute approximate surface area is 123 Å². The van der Waals surface area contributed by atoms with E-state index >= 15 is 0 Å². The Bertz CT molecular complexity index is 662. The number of nitrogens with one attached hydrogen (secondary N) is 1. The first-order valence-electron chi connectivity index (χ1n) is 5.68. The summed E-state index contributed by atoms with van der Waals surface area (Å²) in [5.74, 6) is -0.632. The molecule has 0 atom stereocenters. The van der Waals surface area contributed by atoms with Crippen molar-refractivity contribution in [3.8, 4) is 5.75 Å². The molecule has 0 amide bonds. The molecule has 0 aliphatic heterocycles. The molecule has 2 rings (SSSR count). The Kier molecular flexibility index (Phi) is 4.34. The summed E-state index contributed by atoms with van der Waals surface area (Å²) in [6.07, 6.45) is 0. The normalized spacial score (nSPS) is 10.3. The van der Waals surface area contributed by atoms with Crippen LogP contribution in [0.5, 0.6) is 5.75 Å². The number of rotatable bonds is 4. The number of benzene rings is 2. The van der Waals surface area contributed by atoms with E-state index in [0.29, 0.717) is 15.8 Å². The fourth-order valence-corrected chi connectivity index (χ4v) is 2.01. The van der Waals surface area contributed by atoms with Crippen LogP contribution in [-0.4, -0.2) is 5.84 Å². The van der Waals surface area contributed by atoms with Gasteiger partial charge in [0.1, 0.15) is 29.8 Å². The van der Waals surface area contributed by atoms with E-state index < -0.39 is 5.82 Å². The first-order chi connectivity index (χ1) is 9.47. The third-order valence-corrected chi connectivity index (χ3v) is 3.26. The zero-order valence-corrected chi connectivity index (χ0v) is 11.9. The largest absolute Gasteiger partial charge is 0.489 e. The molecule has 3 N–H and O–H groups in total. The van der Waals surface area contributed by atoms with Gasteiger partial charge in [0.05, 0.1) is 4.47 Å². The fraction of sp³-hybridized carbons (Fsp3) is 0.0714. The van der Waals surface area contributed by atoms with Crippen molar-refractivity contribution in [2.45, 2.75) is 6.61 Å². The second-order valence-electron chi connectivity index (χ2n) is 4.08. The van der Waals surface area contributed by atoms with Crippen LogP contribution in [0.2, 0.25) is 0 Å².